The van der Waals surface area contributed by atoms with Crippen LogP contribution in [0.5, 0.6) is 0 Å². The molecule has 6 heteroatoms. The van der Waals surface area contributed by atoms with E-state index in [1.807, 2.05) is 36.4 Å². The molecule has 23 heavy (non-hydrogen) atoms. The van der Waals surface area contributed by atoms with Crippen molar-refractivity contribution in [2.75, 3.05) is 0 Å². The molecular formula is C17H14N2O3S. The standard InChI is InChI=1S/C17H14N2O3S/c20-15(21)10-19-16(22)13-8-4-5-9-14(13)18-17(19)23-11-12-6-2-1-3-7-12/h1-9H,10-11H2,(H,20,21). The average molecular weight is 326 g/mol. The molecule has 1 aromatic heterocycles. The molecule has 0 fully saturated rings. The lowest BCUT2D eigenvalue weighted by Gasteiger charge is -2.11. The van der Waals surface area contributed by atoms with Crippen molar-refractivity contribution in [3.63, 3.8) is 0 Å². The van der Waals surface area contributed by atoms with Gasteiger partial charge in [-0.2, -0.15) is 0 Å². The number of fused-ring (bicyclic) bond motifs is 1. The van der Waals surface area contributed by atoms with E-state index in [4.69, 9.17) is 5.11 Å². The number of hydrogen-bond donors (Lipinski definition) is 1. The van der Waals surface area contributed by atoms with Crippen LogP contribution in [0, 0.1) is 0 Å². The first-order chi connectivity index (χ1) is 11.1. The molecule has 0 amide bonds. The van der Waals surface area contributed by atoms with Crippen molar-refractivity contribution in [1.29, 1.82) is 0 Å². The van der Waals surface area contributed by atoms with Crippen molar-refractivity contribution in [3.8, 4) is 0 Å². The lowest BCUT2D eigenvalue weighted by atomic mass is 10.2. The van der Waals surface area contributed by atoms with Crippen LogP contribution in [-0.2, 0) is 17.1 Å². The van der Waals surface area contributed by atoms with Gasteiger partial charge in [0.25, 0.3) is 5.56 Å². The number of carbonyl (C=O) groups is 1. The first-order valence-electron chi connectivity index (χ1n) is 7.03. The summed E-state index contributed by atoms with van der Waals surface area (Å²) < 4.78 is 1.22. The molecular weight excluding hydrogens is 312 g/mol. The van der Waals surface area contributed by atoms with Crippen molar-refractivity contribution in [1.82, 2.24) is 9.55 Å². The third-order valence-corrected chi connectivity index (χ3v) is 4.38. The Hall–Kier alpha value is -2.60. The average Bonchev–Trinajstić information content (AvgIpc) is 2.56. The normalized spacial score (nSPS) is 10.8. The minimum atomic E-state index is -1.06. The van der Waals surface area contributed by atoms with E-state index in [-0.39, 0.29) is 5.56 Å². The number of aliphatic carboxylic acids is 1. The Bertz CT molecular complexity index is 907. The number of carboxylic acid groups (broad SMARTS) is 1. The molecule has 0 saturated heterocycles. The summed E-state index contributed by atoms with van der Waals surface area (Å²) in [5.74, 6) is -0.448. The zero-order chi connectivity index (χ0) is 16.2. The Morgan fingerprint density at radius 1 is 1.09 bits per heavy atom. The molecule has 1 heterocycles. The van der Waals surface area contributed by atoms with Crippen LogP contribution in [-0.4, -0.2) is 20.6 Å². The van der Waals surface area contributed by atoms with Crippen LogP contribution >= 0.6 is 11.8 Å². The smallest absolute Gasteiger partial charge is 0.323 e. The van der Waals surface area contributed by atoms with Gasteiger partial charge < -0.3 is 5.11 Å². The molecule has 0 radical (unpaired) electrons. The topological polar surface area (TPSA) is 72.2 Å². The van der Waals surface area contributed by atoms with Crippen molar-refractivity contribution in [2.24, 2.45) is 0 Å². The first kappa shape index (κ1) is 15.3. The van der Waals surface area contributed by atoms with E-state index in [2.05, 4.69) is 4.98 Å². The molecule has 0 bridgehead atoms. The second kappa shape index (κ2) is 6.66. The molecule has 2 aromatic carbocycles. The van der Waals surface area contributed by atoms with Crippen LogP contribution in [0.15, 0.2) is 64.5 Å². The predicted octanol–water partition coefficient (Wildman–Crippen LogP) is 2.77. The molecule has 0 aliphatic heterocycles. The zero-order valence-corrected chi connectivity index (χ0v) is 13.0. The maximum Gasteiger partial charge on any atom is 0.323 e. The van der Waals surface area contributed by atoms with Crippen LogP contribution in [0.2, 0.25) is 0 Å². The van der Waals surface area contributed by atoms with Crippen molar-refractivity contribution >= 4 is 28.6 Å². The highest BCUT2D eigenvalue weighted by Gasteiger charge is 2.13. The van der Waals surface area contributed by atoms with Gasteiger partial charge in [-0.05, 0) is 17.7 Å². The van der Waals surface area contributed by atoms with Crippen LogP contribution < -0.4 is 5.56 Å². The van der Waals surface area contributed by atoms with Gasteiger partial charge in [0.1, 0.15) is 6.54 Å². The number of thioether (sulfide) groups is 1. The molecule has 5 nitrogen and oxygen atoms in total. The SMILES string of the molecule is O=C(O)Cn1c(SCc2ccccc2)nc2ccccc2c1=O. The maximum absolute atomic E-state index is 12.5. The fourth-order valence-electron chi connectivity index (χ4n) is 2.25. The molecule has 3 rings (SSSR count). The lowest BCUT2D eigenvalue weighted by Crippen LogP contribution is -2.26. The quantitative estimate of drug-likeness (QED) is 0.576. The van der Waals surface area contributed by atoms with E-state index >= 15 is 0 Å². The summed E-state index contributed by atoms with van der Waals surface area (Å²) >= 11 is 1.36. The lowest BCUT2D eigenvalue weighted by molar-refractivity contribution is -0.137. The summed E-state index contributed by atoms with van der Waals surface area (Å²) in [6, 6.07) is 16.7. The summed E-state index contributed by atoms with van der Waals surface area (Å²) in [6.45, 7) is -0.395. The highest BCUT2D eigenvalue weighted by atomic mass is 32.2. The molecule has 0 saturated carbocycles. The monoisotopic (exact) mass is 326 g/mol. The molecule has 116 valence electrons. The number of para-hydroxylation sites is 1. The third kappa shape index (κ3) is 3.43. The number of hydrogen-bond acceptors (Lipinski definition) is 4. The second-order valence-corrected chi connectivity index (χ2v) is 5.91. The van der Waals surface area contributed by atoms with Crippen LogP contribution in [0.3, 0.4) is 0 Å². The van der Waals surface area contributed by atoms with E-state index in [0.29, 0.717) is 21.8 Å². The van der Waals surface area contributed by atoms with E-state index in [1.54, 1.807) is 18.2 Å². The molecule has 0 atom stereocenters. The summed E-state index contributed by atoms with van der Waals surface area (Å²) in [7, 11) is 0. The van der Waals surface area contributed by atoms with Crippen molar-refractivity contribution in [2.45, 2.75) is 17.5 Å². The minimum Gasteiger partial charge on any atom is -0.480 e. The number of aromatic nitrogens is 2. The number of rotatable bonds is 5. The molecule has 0 aliphatic carbocycles. The summed E-state index contributed by atoms with van der Waals surface area (Å²) in [6.07, 6.45) is 0. The summed E-state index contributed by atoms with van der Waals surface area (Å²) in [4.78, 5) is 28.1. The van der Waals surface area contributed by atoms with E-state index in [9.17, 15) is 9.59 Å². The van der Waals surface area contributed by atoms with E-state index < -0.39 is 12.5 Å². The Kier molecular flexibility index (Phi) is 4.43. The fourth-order valence-corrected chi connectivity index (χ4v) is 3.21. The zero-order valence-electron chi connectivity index (χ0n) is 12.2. The van der Waals surface area contributed by atoms with E-state index in [1.165, 1.54) is 16.3 Å². The van der Waals surface area contributed by atoms with Gasteiger partial charge in [-0.25, -0.2) is 4.98 Å². The largest absolute Gasteiger partial charge is 0.480 e. The third-order valence-electron chi connectivity index (χ3n) is 3.33. The van der Waals surface area contributed by atoms with Crippen LogP contribution in [0.4, 0.5) is 0 Å². The first-order valence-corrected chi connectivity index (χ1v) is 8.02. The number of nitrogens with zero attached hydrogens (tertiary/aromatic N) is 2. The van der Waals surface area contributed by atoms with Gasteiger partial charge in [0.2, 0.25) is 0 Å². The van der Waals surface area contributed by atoms with Gasteiger partial charge in [-0.15, -0.1) is 0 Å². The Balaban J connectivity index is 2.03. The van der Waals surface area contributed by atoms with E-state index in [0.717, 1.165) is 5.56 Å². The maximum atomic E-state index is 12.5. The Morgan fingerprint density at radius 3 is 2.52 bits per heavy atom. The highest BCUT2D eigenvalue weighted by Crippen LogP contribution is 2.22. The Labute approximate surface area is 136 Å². The molecule has 0 spiro atoms. The number of benzene rings is 2. The van der Waals surface area contributed by atoms with Crippen LogP contribution in [0.25, 0.3) is 10.9 Å². The molecule has 1 N–H and O–H groups in total. The summed E-state index contributed by atoms with van der Waals surface area (Å²) in [5, 5.41) is 9.92. The van der Waals surface area contributed by atoms with Gasteiger partial charge in [-0.3, -0.25) is 14.2 Å². The number of carboxylic acids is 1. The minimum absolute atomic E-state index is 0.325. The highest BCUT2D eigenvalue weighted by molar-refractivity contribution is 7.98. The second-order valence-electron chi connectivity index (χ2n) is 4.97. The molecule has 0 aliphatic rings. The van der Waals surface area contributed by atoms with Gasteiger partial charge >= 0.3 is 5.97 Å². The molecule has 3 aromatic rings. The van der Waals surface area contributed by atoms with Crippen molar-refractivity contribution in [3.05, 3.63) is 70.5 Å². The van der Waals surface area contributed by atoms with Gasteiger partial charge in [0.05, 0.1) is 10.9 Å². The van der Waals surface area contributed by atoms with Crippen molar-refractivity contribution < 1.29 is 9.90 Å². The van der Waals surface area contributed by atoms with Gasteiger partial charge in [-0.1, -0.05) is 54.2 Å². The van der Waals surface area contributed by atoms with Gasteiger partial charge in [0, 0.05) is 5.75 Å². The van der Waals surface area contributed by atoms with Gasteiger partial charge in [0.15, 0.2) is 5.16 Å². The fraction of sp³-hybridized carbons (Fsp3) is 0.118. The summed E-state index contributed by atoms with van der Waals surface area (Å²) in [5.41, 5.74) is 1.34. The Morgan fingerprint density at radius 2 is 1.78 bits per heavy atom. The molecule has 0 unspecified atom stereocenters. The predicted molar refractivity (Wildman–Crippen MR) is 89.6 cm³/mol. The van der Waals surface area contributed by atoms with Crippen LogP contribution in [0.1, 0.15) is 5.56 Å².